The van der Waals surface area contributed by atoms with Crippen LogP contribution in [0.5, 0.6) is 0 Å². The summed E-state index contributed by atoms with van der Waals surface area (Å²) >= 11 is 0. The van der Waals surface area contributed by atoms with Crippen LogP contribution in [0, 0.1) is 16.0 Å². The molecule has 0 spiro atoms. The van der Waals surface area contributed by atoms with Crippen molar-refractivity contribution in [1.29, 1.82) is 0 Å². The average molecular weight is 332 g/mol. The second-order valence-corrected chi connectivity index (χ2v) is 5.46. The number of nitro groups is 1. The van der Waals surface area contributed by atoms with Gasteiger partial charge in [0, 0.05) is 12.6 Å². The number of rotatable bonds is 5. The fraction of sp³-hybridized carbons (Fsp3) is 0.692. The highest BCUT2D eigenvalue weighted by Crippen LogP contribution is 2.23. The maximum absolute atomic E-state index is 12.3. The number of aromatic nitrogens is 2. The minimum Gasteiger partial charge on any atom is -0.346 e. The topological polar surface area (TPSA) is 113 Å². The summed E-state index contributed by atoms with van der Waals surface area (Å²) in [6.45, 7) is 5.58. The summed E-state index contributed by atoms with van der Waals surface area (Å²) < 4.78 is 0. The minimum atomic E-state index is -0.536. The third-order valence-electron chi connectivity index (χ3n) is 3.85. The summed E-state index contributed by atoms with van der Waals surface area (Å²) in [5, 5.41) is 23.7. The number of H-pyrrole nitrogens is 1. The van der Waals surface area contributed by atoms with Crippen LogP contribution in [0.2, 0.25) is 0 Å². The molecule has 2 unspecified atom stereocenters. The van der Waals surface area contributed by atoms with Crippen LogP contribution in [0.25, 0.3) is 0 Å². The second-order valence-electron chi connectivity index (χ2n) is 5.46. The molecule has 1 fully saturated rings. The highest BCUT2D eigenvalue weighted by atomic mass is 35.5. The molecule has 1 saturated heterocycles. The number of hydrogen-bond donors (Lipinski definition) is 3. The van der Waals surface area contributed by atoms with Crippen LogP contribution in [0.15, 0.2) is 0 Å². The molecule has 0 saturated carbocycles. The van der Waals surface area contributed by atoms with Crippen molar-refractivity contribution in [2.75, 3.05) is 13.1 Å². The third kappa shape index (κ3) is 3.95. The zero-order valence-electron chi connectivity index (χ0n) is 12.7. The molecule has 0 aliphatic carbocycles. The smallest absolute Gasteiger partial charge is 0.322 e. The maximum Gasteiger partial charge on any atom is 0.322 e. The summed E-state index contributed by atoms with van der Waals surface area (Å²) in [6, 6.07) is -0.0304. The Balaban J connectivity index is 0.00000242. The predicted molar refractivity (Wildman–Crippen MR) is 84.4 cm³/mol. The lowest BCUT2D eigenvalue weighted by Crippen LogP contribution is -2.50. The Morgan fingerprint density at radius 1 is 1.55 bits per heavy atom. The van der Waals surface area contributed by atoms with Crippen molar-refractivity contribution in [3.05, 3.63) is 21.5 Å². The Labute approximate surface area is 135 Å². The lowest BCUT2D eigenvalue weighted by Gasteiger charge is -2.29. The first kappa shape index (κ1) is 18.4. The fourth-order valence-electron chi connectivity index (χ4n) is 2.57. The SMILES string of the molecule is CCCc1[nH]nc(C(=O)NC2CNCCC2C)c1[N+](=O)[O-].Cl. The Bertz CT molecular complexity index is 534. The first-order valence-corrected chi connectivity index (χ1v) is 7.27. The standard InChI is InChI=1S/C13H21N5O3.ClH/c1-3-4-9-12(18(20)21)11(17-16-9)13(19)15-10-7-14-6-5-8(10)2;/h8,10,14H,3-7H2,1-2H3,(H,15,19)(H,16,17);1H. The van der Waals surface area contributed by atoms with Gasteiger partial charge in [-0.1, -0.05) is 20.3 Å². The van der Waals surface area contributed by atoms with E-state index in [4.69, 9.17) is 0 Å². The van der Waals surface area contributed by atoms with E-state index in [1.54, 1.807) is 0 Å². The number of hydrogen-bond acceptors (Lipinski definition) is 5. The first-order valence-electron chi connectivity index (χ1n) is 7.27. The van der Waals surface area contributed by atoms with Gasteiger partial charge in [0.25, 0.3) is 5.91 Å². The molecule has 2 rings (SSSR count). The van der Waals surface area contributed by atoms with E-state index in [2.05, 4.69) is 27.8 Å². The largest absolute Gasteiger partial charge is 0.346 e. The van der Waals surface area contributed by atoms with Gasteiger partial charge in [-0.25, -0.2) is 0 Å². The van der Waals surface area contributed by atoms with Gasteiger partial charge in [-0.3, -0.25) is 20.0 Å². The summed E-state index contributed by atoms with van der Waals surface area (Å²) in [6.07, 6.45) is 2.21. The molecular weight excluding hydrogens is 310 g/mol. The predicted octanol–water partition coefficient (Wildman–Crippen LogP) is 1.42. The Kier molecular flexibility index (Phi) is 6.76. The van der Waals surface area contributed by atoms with Crippen LogP contribution in [0.1, 0.15) is 42.9 Å². The van der Waals surface area contributed by atoms with Crippen LogP contribution < -0.4 is 10.6 Å². The molecule has 3 N–H and O–H groups in total. The van der Waals surface area contributed by atoms with Crippen LogP contribution in [0.4, 0.5) is 5.69 Å². The number of aryl methyl sites for hydroxylation is 1. The van der Waals surface area contributed by atoms with Crippen molar-refractivity contribution in [1.82, 2.24) is 20.8 Å². The number of carbonyl (C=O) groups excluding carboxylic acids is 1. The molecule has 1 aromatic rings. The van der Waals surface area contributed by atoms with E-state index in [0.717, 1.165) is 19.4 Å². The van der Waals surface area contributed by atoms with Gasteiger partial charge in [0.1, 0.15) is 5.69 Å². The van der Waals surface area contributed by atoms with Crippen molar-refractivity contribution < 1.29 is 9.72 Å². The van der Waals surface area contributed by atoms with Gasteiger partial charge in [0.15, 0.2) is 0 Å². The quantitative estimate of drug-likeness (QED) is 0.558. The van der Waals surface area contributed by atoms with Crippen molar-refractivity contribution in [3.63, 3.8) is 0 Å². The zero-order valence-corrected chi connectivity index (χ0v) is 13.5. The molecular formula is C13H22ClN5O3. The van der Waals surface area contributed by atoms with E-state index in [0.29, 0.717) is 24.6 Å². The number of halogens is 1. The van der Waals surface area contributed by atoms with Gasteiger partial charge in [-0.05, 0) is 25.3 Å². The highest BCUT2D eigenvalue weighted by Gasteiger charge is 2.31. The normalized spacial score (nSPS) is 21.0. The third-order valence-corrected chi connectivity index (χ3v) is 3.85. The Morgan fingerprint density at radius 2 is 2.27 bits per heavy atom. The lowest BCUT2D eigenvalue weighted by atomic mass is 9.95. The van der Waals surface area contributed by atoms with Gasteiger partial charge in [-0.2, -0.15) is 5.10 Å². The molecule has 1 amide bonds. The van der Waals surface area contributed by atoms with E-state index < -0.39 is 10.8 Å². The van der Waals surface area contributed by atoms with Gasteiger partial charge in [0.05, 0.1) is 4.92 Å². The number of amides is 1. The molecule has 8 nitrogen and oxygen atoms in total. The van der Waals surface area contributed by atoms with Gasteiger partial charge in [-0.15, -0.1) is 12.4 Å². The van der Waals surface area contributed by atoms with E-state index in [-0.39, 0.29) is 29.8 Å². The van der Waals surface area contributed by atoms with E-state index in [1.807, 2.05) is 6.92 Å². The molecule has 0 radical (unpaired) electrons. The summed E-state index contributed by atoms with van der Waals surface area (Å²) in [4.78, 5) is 22.9. The molecule has 1 aliphatic heterocycles. The molecule has 9 heteroatoms. The number of aromatic amines is 1. The summed E-state index contributed by atoms with van der Waals surface area (Å²) in [5.41, 5.74) is 0.0782. The lowest BCUT2D eigenvalue weighted by molar-refractivity contribution is -0.385. The fourth-order valence-corrected chi connectivity index (χ4v) is 2.57. The highest BCUT2D eigenvalue weighted by molar-refractivity contribution is 5.96. The van der Waals surface area contributed by atoms with E-state index >= 15 is 0 Å². The number of piperidine rings is 1. The molecule has 124 valence electrons. The molecule has 2 atom stereocenters. The molecule has 2 heterocycles. The molecule has 1 aromatic heterocycles. The zero-order chi connectivity index (χ0) is 15.4. The number of nitrogens with one attached hydrogen (secondary N) is 3. The molecule has 0 bridgehead atoms. The van der Waals surface area contributed by atoms with Crippen LogP contribution in [-0.2, 0) is 6.42 Å². The van der Waals surface area contributed by atoms with Crippen LogP contribution in [0.3, 0.4) is 0 Å². The van der Waals surface area contributed by atoms with E-state index in [1.165, 1.54) is 0 Å². The Hall–Kier alpha value is -1.67. The summed E-state index contributed by atoms with van der Waals surface area (Å²) in [7, 11) is 0. The molecule has 1 aliphatic rings. The van der Waals surface area contributed by atoms with Gasteiger partial charge >= 0.3 is 5.69 Å². The summed E-state index contributed by atoms with van der Waals surface area (Å²) in [5.74, 6) is -0.149. The second kappa shape index (κ2) is 8.09. The number of carbonyl (C=O) groups is 1. The van der Waals surface area contributed by atoms with Crippen molar-refractivity contribution in [2.24, 2.45) is 5.92 Å². The van der Waals surface area contributed by atoms with Crippen LogP contribution in [-0.4, -0.2) is 40.2 Å². The van der Waals surface area contributed by atoms with Crippen molar-refractivity contribution in [2.45, 2.75) is 39.2 Å². The van der Waals surface area contributed by atoms with Gasteiger partial charge in [0.2, 0.25) is 5.69 Å². The van der Waals surface area contributed by atoms with E-state index in [9.17, 15) is 14.9 Å². The van der Waals surface area contributed by atoms with Crippen molar-refractivity contribution in [3.8, 4) is 0 Å². The molecule has 0 aromatic carbocycles. The Morgan fingerprint density at radius 3 is 2.86 bits per heavy atom. The monoisotopic (exact) mass is 331 g/mol. The molecule has 22 heavy (non-hydrogen) atoms. The maximum atomic E-state index is 12.3. The van der Waals surface area contributed by atoms with Gasteiger partial charge < -0.3 is 10.6 Å². The first-order chi connectivity index (χ1) is 10.0. The minimum absolute atomic E-state index is 0. The van der Waals surface area contributed by atoms with Crippen molar-refractivity contribution >= 4 is 24.0 Å². The average Bonchev–Trinajstić information content (AvgIpc) is 2.86. The van der Waals surface area contributed by atoms with Crippen LogP contribution >= 0.6 is 12.4 Å². The number of nitrogens with zero attached hydrogens (tertiary/aromatic N) is 2.